The predicted molar refractivity (Wildman–Crippen MR) is 85.8 cm³/mol. The summed E-state index contributed by atoms with van der Waals surface area (Å²) in [5.41, 5.74) is 0.364. The number of hydrogen-bond donors (Lipinski definition) is 2. The zero-order valence-corrected chi connectivity index (χ0v) is 14.2. The van der Waals surface area contributed by atoms with E-state index in [0.29, 0.717) is 5.69 Å². The fourth-order valence-electron chi connectivity index (χ4n) is 1.94. The van der Waals surface area contributed by atoms with Gasteiger partial charge in [0.2, 0.25) is 15.9 Å². The van der Waals surface area contributed by atoms with Crippen LogP contribution in [0.4, 0.5) is 0 Å². The molecule has 1 heterocycles. The molecule has 25 heavy (non-hydrogen) atoms. The molecule has 0 atom stereocenters. The van der Waals surface area contributed by atoms with Crippen LogP contribution in [0.1, 0.15) is 5.69 Å². The highest BCUT2D eigenvalue weighted by Crippen LogP contribution is 2.12. The number of hydrogen-bond acceptors (Lipinski definition) is 6. The molecule has 10 nitrogen and oxygen atoms in total. The van der Waals surface area contributed by atoms with Gasteiger partial charge in [0, 0.05) is 7.05 Å². The average molecular weight is 367 g/mol. The van der Waals surface area contributed by atoms with Crippen LogP contribution >= 0.6 is 0 Å². The summed E-state index contributed by atoms with van der Waals surface area (Å²) >= 11 is 0. The molecular weight excluding hydrogens is 350 g/mol. The molecule has 1 aromatic heterocycles. The lowest BCUT2D eigenvalue weighted by molar-refractivity contribution is -0.138. The number of carbonyl (C=O) groups excluding carboxylic acids is 1. The van der Waals surface area contributed by atoms with Gasteiger partial charge in [-0.25, -0.2) is 13.1 Å². The van der Waals surface area contributed by atoms with Crippen molar-refractivity contribution in [3.8, 4) is 0 Å². The monoisotopic (exact) mass is 367 g/mol. The van der Waals surface area contributed by atoms with Gasteiger partial charge >= 0.3 is 5.97 Å². The Kier molecular flexibility index (Phi) is 5.83. The number of carboxylic acid groups (broad SMARTS) is 1. The second kappa shape index (κ2) is 7.85. The molecule has 0 aliphatic heterocycles. The molecule has 11 heteroatoms. The van der Waals surface area contributed by atoms with E-state index < -0.39 is 21.9 Å². The molecule has 2 N–H and O–H groups in total. The van der Waals surface area contributed by atoms with Gasteiger partial charge in [-0.2, -0.15) is 4.31 Å². The molecular formula is C14H17N5O5S. The molecule has 0 spiro atoms. The first-order chi connectivity index (χ1) is 11.8. The van der Waals surface area contributed by atoms with Crippen LogP contribution in [0.2, 0.25) is 0 Å². The van der Waals surface area contributed by atoms with E-state index in [1.807, 2.05) is 0 Å². The Hall–Kier alpha value is -2.79. The summed E-state index contributed by atoms with van der Waals surface area (Å²) in [5, 5.41) is 18.5. The van der Waals surface area contributed by atoms with E-state index in [0.717, 1.165) is 8.99 Å². The normalized spacial score (nSPS) is 11.4. The van der Waals surface area contributed by atoms with Crippen LogP contribution in [0.15, 0.2) is 41.4 Å². The van der Waals surface area contributed by atoms with Crippen molar-refractivity contribution in [2.75, 3.05) is 13.6 Å². The van der Waals surface area contributed by atoms with Crippen molar-refractivity contribution in [1.82, 2.24) is 24.6 Å². The highest BCUT2D eigenvalue weighted by molar-refractivity contribution is 7.89. The largest absolute Gasteiger partial charge is 0.480 e. The number of amides is 1. The maximum absolute atomic E-state index is 12.3. The van der Waals surface area contributed by atoms with Gasteiger partial charge in [-0.05, 0) is 12.1 Å². The van der Waals surface area contributed by atoms with Crippen molar-refractivity contribution < 1.29 is 23.1 Å². The number of aliphatic carboxylic acids is 1. The first-order valence-electron chi connectivity index (χ1n) is 7.18. The van der Waals surface area contributed by atoms with E-state index >= 15 is 0 Å². The third-order valence-corrected chi connectivity index (χ3v) is 4.99. The third kappa shape index (κ3) is 5.09. The molecule has 0 radical (unpaired) electrons. The highest BCUT2D eigenvalue weighted by atomic mass is 32.2. The number of nitrogens with zero attached hydrogens (tertiary/aromatic N) is 4. The predicted octanol–water partition coefficient (Wildman–Crippen LogP) is -0.700. The number of aromatic nitrogens is 3. The molecule has 134 valence electrons. The van der Waals surface area contributed by atoms with Gasteiger partial charge in [-0.3, -0.25) is 9.59 Å². The van der Waals surface area contributed by atoms with Gasteiger partial charge in [-0.15, -0.1) is 5.10 Å². The number of carboxylic acids is 1. The van der Waals surface area contributed by atoms with Crippen molar-refractivity contribution in [2.45, 2.75) is 18.0 Å². The van der Waals surface area contributed by atoms with E-state index in [2.05, 4.69) is 15.6 Å². The van der Waals surface area contributed by atoms with Crippen LogP contribution in [0.5, 0.6) is 0 Å². The lowest BCUT2D eigenvalue weighted by atomic mass is 10.4. The number of nitrogens with one attached hydrogen (secondary N) is 1. The van der Waals surface area contributed by atoms with Crippen molar-refractivity contribution in [3.05, 3.63) is 42.2 Å². The van der Waals surface area contributed by atoms with Crippen LogP contribution in [0, 0.1) is 0 Å². The molecule has 0 unspecified atom stereocenters. The molecule has 0 saturated heterocycles. The Bertz CT molecular complexity index is 850. The van der Waals surface area contributed by atoms with E-state index in [9.17, 15) is 18.0 Å². The number of benzene rings is 1. The van der Waals surface area contributed by atoms with Gasteiger partial charge in [0.15, 0.2) is 0 Å². The summed E-state index contributed by atoms with van der Waals surface area (Å²) in [6.07, 6.45) is 1.39. The molecule has 0 aliphatic rings. The van der Waals surface area contributed by atoms with Gasteiger partial charge in [0.25, 0.3) is 0 Å². The molecule has 2 rings (SSSR count). The van der Waals surface area contributed by atoms with Crippen LogP contribution in [0.25, 0.3) is 0 Å². The minimum absolute atomic E-state index is 0.0116. The van der Waals surface area contributed by atoms with E-state index in [-0.39, 0.29) is 24.5 Å². The van der Waals surface area contributed by atoms with E-state index in [1.165, 1.54) is 25.4 Å². The molecule has 0 aliphatic carbocycles. The standard InChI is InChI=1S/C14H17N5O5S/c1-18(25(23,24)12-5-3-2-4-6-12)9-13(20)15-7-11-8-19(17-16-11)10-14(21)22/h2-6,8H,7,9-10H2,1H3,(H,15,20)(H,21,22). The van der Waals surface area contributed by atoms with Crippen molar-refractivity contribution in [2.24, 2.45) is 0 Å². The number of carbonyl (C=O) groups is 2. The molecule has 1 amide bonds. The summed E-state index contributed by atoms with van der Waals surface area (Å²) in [5.74, 6) is -1.58. The smallest absolute Gasteiger partial charge is 0.325 e. The van der Waals surface area contributed by atoms with Gasteiger partial charge < -0.3 is 10.4 Å². The van der Waals surface area contributed by atoms with E-state index in [1.54, 1.807) is 18.2 Å². The fraction of sp³-hybridized carbons (Fsp3) is 0.286. The SMILES string of the molecule is CN(CC(=O)NCc1cn(CC(=O)O)nn1)S(=O)(=O)c1ccccc1. The Labute approximate surface area is 144 Å². The Morgan fingerprint density at radius 1 is 1.28 bits per heavy atom. The molecule has 2 aromatic rings. The summed E-state index contributed by atoms with van der Waals surface area (Å²) in [6.45, 7) is -0.683. The molecule has 0 bridgehead atoms. The minimum Gasteiger partial charge on any atom is -0.480 e. The number of rotatable bonds is 8. The van der Waals surface area contributed by atoms with Gasteiger partial charge in [-0.1, -0.05) is 23.4 Å². The van der Waals surface area contributed by atoms with Crippen molar-refractivity contribution in [1.29, 1.82) is 0 Å². The number of sulfonamides is 1. The Morgan fingerprint density at radius 2 is 1.96 bits per heavy atom. The minimum atomic E-state index is -3.75. The molecule has 1 aromatic carbocycles. The fourth-order valence-corrected chi connectivity index (χ4v) is 3.09. The Balaban J connectivity index is 1.89. The lowest BCUT2D eigenvalue weighted by Gasteiger charge is -2.16. The van der Waals surface area contributed by atoms with Crippen LogP contribution in [-0.4, -0.2) is 58.3 Å². The van der Waals surface area contributed by atoms with Gasteiger partial charge in [0.05, 0.1) is 24.2 Å². The second-order valence-electron chi connectivity index (χ2n) is 5.15. The van der Waals surface area contributed by atoms with E-state index in [4.69, 9.17) is 5.11 Å². The van der Waals surface area contributed by atoms with Crippen LogP contribution < -0.4 is 5.32 Å². The first-order valence-corrected chi connectivity index (χ1v) is 8.62. The second-order valence-corrected chi connectivity index (χ2v) is 7.20. The first kappa shape index (κ1) is 18.5. The maximum atomic E-state index is 12.3. The summed E-state index contributed by atoms with van der Waals surface area (Å²) in [6, 6.07) is 7.79. The summed E-state index contributed by atoms with van der Waals surface area (Å²) in [7, 11) is -2.44. The van der Waals surface area contributed by atoms with Crippen LogP contribution in [-0.2, 0) is 32.7 Å². The molecule has 0 fully saturated rings. The zero-order chi connectivity index (χ0) is 18.4. The summed E-state index contributed by atoms with van der Waals surface area (Å²) < 4.78 is 26.7. The molecule has 0 saturated carbocycles. The van der Waals surface area contributed by atoms with Crippen molar-refractivity contribution >= 4 is 21.9 Å². The topological polar surface area (TPSA) is 134 Å². The van der Waals surface area contributed by atoms with Crippen LogP contribution in [0.3, 0.4) is 0 Å². The summed E-state index contributed by atoms with van der Waals surface area (Å²) in [4.78, 5) is 22.6. The Morgan fingerprint density at radius 3 is 2.60 bits per heavy atom. The third-order valence-electron chi connectivity index (χ3n) is 3.17. The highest BCUT2D eigenvalue weighted by Gasteiger charge is 2.22. The maximum Gasteiger partial charge on any atom is 0.325 e. The zero-order valence-electron chi connectivity index (χ0n) is 13.4. The van der Waals surface area contributed by atoms with Gasteiger partial charge in [0.1, 0.15) is 12.2 Å². The lowest BCUT2D eigenvalue weighted by Crippen LogP contribution is -2.38. The number of likely N-dealkylation sites (N-methyl/N-ethyl adjacent to an activating group) is 1. The average Bonchev–Trinajstić information content (AvgIpc) is 3.00. The van der Waals surface area contributed by atoms with Crippen molar-refractivity contribution in [3.63, 3.8) is 0 Å². The quantitative estimate of drug-likeness (QED) is 0.630.